The summed E-state index contributed by atoms with van der Waals surface area (Å²) in [6.45, 7) is 10.8. The average molecular weight is 476 g/mol. The number of ether oxygens (including phenoxy) is 1. The third kappa shape index (κ3) is 5.88. The topological polar surface area (TPSA) is 85.1 Å². The van der Waals surface area contributed by atoms with E-state index in [1.165, 1.54) is 0 Å². The van der Waals surface area contributed by atoms with Gasteiger partial charge in [0, 0.05) is 37.9 Å². The van der Waals surface area contributed by atoms with Crippen molar-refractivity contribution in [3.05, 3.63) is 60.7 Å². The Morgan fingerprint density at radius 2 is 1.94 bits per heavy atom. The van der Waals surface area contributed by atoms with Crippen LogP contribution >= 0.6 is 0 Å². The molecule has 0 radical (unpaired) electrons. The molecule has 0 spiro atoms. The van der Waals surface area contributed by atoms with Crippen LogP contribution in [0.5, 0.6) is 0 Å². The maximum atomic E-state index is 9.10. The zero-order valence-electron chi connectivity index (χ0n) is 20.4. The Labute approximate surface area is 201 Å². The summed E-state index contributed by atoms with van der Waals surface area (Å²) in [6.07, 6.45) is 3.62. The number of hydrogen-bond acceptors (Lipinski definition) is 6. The van der Waals surface area contributed by atoms with E-state index >= 15 is 0 Å². The number of aliphatic hydroxyl groups is 1. The van der Waals surface area contributed by atoms with Gasteiger partial charge in [-0.2, -0.15) is 0 Å². The number of anilines is 1. The van der Waals surface area contributed by atoms with Crippen LogP contribution in [-0.4, -0.2) is 52.5 Å². The second-order valence-corrected chi connectivity index (χ2v) is 15.3. The van der Waals surface area contributed by atoms with Crippen LogP contribution in [0.3, 0.4) is 0 Å². The number of fused-ring (bicyclic) bond motifs is 1. The number of imidazole rings is 1. The van der Waals surface area contributed by atoms with Gasteiger partial charge < -0.3 is 19.7 Å². The van der Waals surface area contributed by atoms with Crippen molar-refractivity contribution in [2.24, 2.45) is 0 Å². The molecule has 0 fully saturated rings. The van der Waals surface area contributed by atoms with Gasteiger partial charge in [-0.1, -0.05) is 31.8 Å². The summed E-state index contributed by atoms with van der Waals surface area (Å²) in [6, 6.07) is 15.4. The van der Waals surface area contributed by atoms with Gasteiger partial charge in [0.25, 0.3) is 0 Å². The van der Waals surface area contributed by atoms with Gasteiger partial charge in [0.15, 0.2) is 0 Å². The molecule has 7 nitrogen and oxygen atoms in total. The molecule has 0 aliphatic heterocycles. The van der Waals surface area contributed by atoms with Crippen LogP contribution in [0.2, 0.25) is 25.7 Å². The molecule has 1 aromatic carbocycles. The molecule has 4 rings (SSSR count). The molecule has 178 valence electrons. The molecule has 34 heavy (non-hydrogen) atoms. The summed E-state index contributed by atoms with van der Waals surface area (Å²) in [4.78, 5) is 14.1. The molecule has 0 amide bonds. The van der Waals surface area contributed by atoms with E-state index in [1.807, 2.05) is 54.2 Å². The lowest BCUT2D eigenvalue weighted by Gasteiger charge is -2.16. The first kappa shape index (κ1) is 24.1. The van der Waals surface area contributed by atoms with Gasteiger partial charge >= 0.3 is 0 Å². The summed E-state index contributed by atoms with van der Waals surface area (Å²) >= 11 is 0. The van der Waals surface area contributed by atoms with Gasteiger partial charge in [0.05, 0.1) is 47.4 Å². The monoisotopic (exact) mass is 475 g/mol. The molecule has 4 aromatic rings. The smallest absolute Gasteiger partial charge is 0.124 e. The lowest BCUT2D eigenvalue weighted by molar-refractivity contribution is 0.0881. The van der Waals surface area contributed by atoms with Gasteiger partial charge in [-0.15, -0.1) is 0 Å². The number of aryl methyl sites for hydroxylation is 1. The van der Waals surface area contributed by atoms with Crippen LogP contribution in [0.4, 0.5) is 5.69 Å². The first-order chi connectivity index (χ1) is 16.3. The minimum atomic E-state index is -1.15. The predicted octanol–water partition coefficient (Wildman–Crippen LogP) is 5.19. The number of nitrogens with one attached hydrogen (secondary N) is 1. The van der Waals surface area contributed by atoms with E-state index in [2.05, 4.69) is 36.0 Å². The second kappa shape index (κ2) is 10.5. The van der Waals surface area contributed by atoms with E-state index in [0.717, 1.165) is 57.6 Å². The third-order valence-corrected chi connectivity index (χ3v) is 7.30. The summed E-state index contributed by atoms with van der Waals surface area (Å²) in [5, 5.41) is 13.3. The summed E-state index contributed by atoms with van der Waals surface area (Å²) in [5.74, 6) is 0. The number of aromatic nitrogens is 4. The van der Waals surface area contributed by atoms with Gasteiger partial charge in [0.1, 0.15) is 6.73 Å². The lowest BCUT2D eigenvalue weighted by atomic mass is 10.0. The Balaban J connectivity index is 1.70. The first-order valence-corrected chi connectivity index (χ1v) is 15.4. The van der Waals surface area contributed by atoms with Crippen molar-refractivity contribution in [2.75, 3.05) is 25.1 Å². The van der Waals surface area contributed by atoms with Gasteiger partial charge in [-0.05, 0) is 43.3 Å². The van der Waals surface area contributed by atoms with Gasteiger partial charge in [-0.25, -0.2) is 4.98 Å². The summed E-state index contributed by atoms with van der Waals surface area (Å²) < 4.78 is 8.10. The summed E-state index contributed by atoms with van der Waals surface area (Å²) in [7, 11) is -1.15. The molecule has 3 heterocycles. The Kier molecular flexibility index (Phi) is 7.40. The number of benzene rings is 1. The van der Waals surface area contributed by atoms with Crippen molar-refractivity contribution in [1.29, 1.82) is 0 Å². The van der Waals surface area contributed by atoms with Crippen molar-refractivity contribution in [2.45, 2.75) is 39.3 Å². The number of hydrogen-bond donors (Lipinski definition) is 2. The van der Waals surface area contributed by atoms with Crippen LogP contribution in [0.1, 0.15) is 5.69 Å². The normalized spacial score (nSPS) is 11.8. The molecular formula is C26H33N5O2Si. The minimum absolute atomic E-state index is 0.0718. The van der Waals surface area contributed by atoms with Crippen molar-refractivity contribution < 1.29 is 9.84 Å². The highest BCUT2D eigenvalue weighted by molar-refractivity contribution is 6.76. The molecule has 0 saturated carbocycles. The van der Waals surface area contributed by atoms with E-state index in [1.54, 1.807) is 6.20 Å². The zero-order valence-corrected chi connectivity index (χ0v) is 21.4. The standard InChI is InChI=1S/C26H33N5O2Si/c1-19-6-5-7-24(30-19)26-25(29-17-31(26)18-33-12-13-34(2,3)4)20-8-9-23-21(14-20)15-22(16-28-23)27-10-11-32/h5-9,14-17,27,32H,10-13,18H2,1-4H3. The fraction of sp³-hybridized carbons (Fsp3) is 0.346. The van der Waals surface area contributed by atoms with Crippen molar-refractivity contribution in [1.82, 2.24) is 19.5 Å². The number of nitrogens with zero attached hydrogens (tertiary/aromatic N) is 4. The highest BCUT2D eigenvalue weighted by Gasteiger charge is 2.18. The minimum Gasteiger partial charge on any atom is -0.395 e. The first-order valence-electron chi connectivity index (χ1n) is 11.7. The second-order valence-electron chi connectivity index (χ2n) is 9.71. The molecular weight excluding hydrogens is 442 g/mol. The Bertz CT molecular complexity index is 1270. The van der Waals surface area contributed by atoms with Crippen LogP contribution < -0.4 is 5.32 Å². The third-order valence-electron chi connectivity index (χ3n) is 5.59. The fourth-order valence-corrected chi connectivity index (χ4v) is 4.51. The van der Waals surface area contributed by atoms with E-state index in [-0.39, 0.29) is 6.61 Å². The maximum absolute atomic E-state index is 9.10. The highest BCUT2D eigenvalue weighted by atomic mass is 28.3. The number of pyridine rings is 2. The van der Waals surface area contributed by atoms with Crippen molar-refractivity contribution in [3.8, 4) is 22.6 Å². The molecule has 0 bridgehead atoms. The van der Waals surface area contributed by atoms with Crippen LogP contribution in [0, 0.1) is 6.92 Å². The van der Waals surface area contributed by atoms with E-state index in [4.69, 9.17) is 19.8 Å². The molecule has 8 heteroatoms. The molecule has 0 aliphatic rings. The van der Waals surface area contributed by atoms with E-state index < -0.39 is 8.07 Å². The summed E-state index contributed by atoms with van der Waals surface area (Å²) in [5.41, 5.74) is 6.41. The molecule has 2 N–H and O–H groups in total. The highest BCUT2D eigenvalue weighted by Crippen LogP contribution is 2.32. The Hall–Kier alpha value is -3.07. The average Bonchev–Trinajstić information content (AvgIpc) is 3.23. The van der Waals surface area contributed by atoms with Gasteiger partial charge in [0.2, 0.25) is 0 Å². The van der Waals surface area contributed by atoms with Crippen molar-refractivity contribution >= 4 is 24.7 Å². The zero-order chi connectivity index (χ0) is 24.1. The van der Waals surface area contributed by atoms with Crippen molar-refractivity contribution in [3.63, 3.8) is 0 Å². The SMILES string of the molecule is Cc1cccc(-c2c(-c3ccc4ncc(NCCO)cc4c3)ncn2COCC[Si](C)(C)C)n1. The van der Waals surface area contributed by atoms with E-state index in [9.17, 15) is 0 Å². The fourth-order valence-electron chi connectivity index (χ4n) is 3.75. The van der Waals surface area contributed by atoms with E-state index in [0.29, 0.717) is 13.3 Å². The molecule has 0 saturated heterocycles. The number of rotatable bonds is 10. The van der Waals surface area contributed by atoms with Crippen LogP contribution in [-0.2, 0) is 11.5 Å². The largest absolute Gasteiger partial charge is 0.395 e. The predicted molar refractivity (Wildman–Crippen MR) is 141 cm³/mol. The quantitative estimate of drug-likeness (QED) is 0.243. The Morgan fingerprint density at radius 3 is 2.71 bits per heavy atom. The number of aliphatic hydroxyl groups excluding tert-OH is 1. The lowest BCUT2D eigenvalue weighted by Crippen LogP contribution is -2.22. The molecule has 0 aliphatic carbocycles. The molecule has 0 unspecified atom stereocenters. The molecule has 0 atom stereocenters. The van der Waals surface area contributed by atoms with Crippen LogP contribution in [0.15, 0.2) is 55.0 Å². The van der Waals surface area contributed by atoms with Crippen LogP contribution in [0.25, 0.3) is 33.5 Å². The molecule has 3 aromatic heterocycles. The van der Waals surface area contributed by atoms with Gasteiger partial charge in [-0.3, -0.25) is 9.97 Å². The maximum Gasteiger partial charge on any atom is 0.124 e. The Morgan fingerprint density at radius 1 is 1.09 bits per heavy atom.